The van der Waals surface area contributed by atoms with Gasteiger partial charge in [-0.2, -0.15) is 0 Å². The third-order valence-corrected chi connectivity index (χ3v) is 3.99. The van der Waals surface area contributed by atoms with Crippen LogP contribution >= 0.6 is 18.2 Å². The number of halogens is 1. The van der Waals surface area contributed by atoms with Crippen LogP contribution in [0.3, 0.4) is 0 Å². The van der Waals surface area contributed by atoms with E-state index in [9.17, 15) is 4.79 Å². The van der Waals surface area contributed by atoms with E-state index in [0.29, 0.717) is 6.61 Å². The molecule has 0 bridgehead atoms. The Morgan fingerprint density at radius 1 is 1.33 bits per heavy atom. The molecule has 2 aliphatic rings. The second-order valence-corrected chi connectivity index (χ2v) is 8.01. The first-order valence-electron chi connectivity index (χ1n) is 7.26. The molecule has 0 aromatic heterocycles. The maximum Gasteiger partial charge on any atom is 0.419 e. The molecule has 8 heteroatoms. The highest BCUT2D eigenvalue weighted by molar-refractivity contribution is 7.79. The predicted octanol–water partition coefficient (Wildman–Crippen LogP) is 2.66. The Kier molecular flexibility index (Phi) is 5.68. The van der Waals surface area contributed by atoms with Crippen molar-refractivity contribution in [3.63, 3.8) is 0 Å². The summed E-state index contributed by atoms with van der Waals surface area (Å²) >= 11 is 4.20. The van der Waals surface area contributed by atoms with E-state index < -0.39 is 12.5 Å². The van der Waals surface area contributed by atoms with Gasteiger partial charge < -0.3 is 14.5 Å². The maximum absolute atomic E-state index is 12.2. The number of esters is 1. The Labute approximate surface area is 145 Å². The predicted molar refractivity (Wildman–Crippen MR) is 91.3 cm³/mol. The van der Waals surface area contributed by atoms with Gasteiger partial charge in [-0.25, -0.2) is 9.36 Å². The van der Waals surface area contributed by atoms with Crippen LogP contribution in [0, 0.1) is 0 Å². The van der Waals surface area contributed by atoms with E-state index in [1.807, 2.05) is 49.4 Å². The Morgan fingerprint density at radius 2 is 1.96 bits per heavy atom. The molecular weight excluding hydrogens is 353 g/mol. The number of benzene rings is 1. The fourth-order valence-electron chi connectivity index (χ4n) is 2.60. The molecule has 1 aliphatic heterocycles. The van der Waals surface area contributed by atoms with E-state index in [1.165, 1.54) is 0 Å². The smallest absolute Gasteiger partial charge is 0.419 e. The number of hydrogen-bond donors (Lipinski definition) is 3. The molecule has 0 radical (unpaired) electrons. The zero-order valence-corrected chi connectivity index (χ0v) is 14.7. The maximum atomic E-state index is 12.2. The summed E-state index contributed by atoms with van der Waals surface area (Å²) in [5.74, 6) is -0.184. The van der Waals surface area contributed by atoms with E-state index >= 15 is 0 Å². The number of rotatable bonds is 3. The summed E-state index contributed by atoms with van der Waals surface area (Å²) in [4.78, 5) is 27.0. The molecule has 0 saturated carbocycles. The molecule has 6 nitrogen and oxygen atoms in total. The number of carbonyl (C=O) groups excluding carboxylic acids is 1. The van der Waals surface area contributed by atoms with Crippen molar-refractivity contribution in [2.24, 2.45) is 0 Å². The van der Waals surface area contributed by atoms with E-state index in [1.54, 1.807) is 0 Å². The van der Waals surface area contributed by atoms with E-state index in [4.69, 9.17) is 19.1 Å². The molecule has 1 saturated heterocycles. The standard InChI is InChI=1S/C16H17NO2.ClH2O3P/c1-15(16(17-15)10-6-3-7-11-16)14(18)19-12-13-8-4-2-5-9-13;1-5(2,3)4/h2-10,17H,11-12H2,1H3;(H2,2,3,4)/t15-,16?;/m0./s1. The molecule has 24 heavy (non-hydrogen) atoms. The lowest BCUT2D eigenvalue weighted by Crippen LogP contribution is -2.32. The van der Waals surface area contributed by atoms with E-state index in [-0.39, 0.29) is 11.5 Å². The van der Waals surface area contributed by atoms with Crippen molar-refractivity contribution in [1.82, 2.24) is 5.32 Å². The molecule has 3 rings (SSSR count). The van der Waals surface area contributed by atoms with Crippen LogP contribution in [0.1, 0.15) is 18.9 Å². The summed E-state index contributed by atoms with van der Waals surface area (Å²) in [5, 5.41) is 3.28. The summed E-state index contributed by atoms with van der Waals surface area (Å²) in [6, 6.07) is 9.74. The van der Waals surface area contributed by atoms with Gasteiger partial charge in [0, 0.05) is 11.2 Å². The normalized spacial score (nSPS) is 27.3. The number of carbonyl (C=O) groups is 1. The largest absolute Gasteiger partial charge is 0.459 e. The highest BCUT2D eigenvalue weighted by Gasteiger charge is 2.67. The minimum Gasteiger partial charge on any atom is -0.459 e. The average molecular weight is 372 g/mol. The molecule has 1 aromatic rings. The van der Waals surface area contributed by atoms with Crippen LogP contribution in [0.4, 0.5) is 0 Å². The quantitative estimate of drug-likeness (QED) is 0.428. The monoisotopic (exact) mass is 371 g/mol. The van der Waals surface area contributed by atoms with E-state index in [0.717, 1.165) is 12.0 Å². The number of allylic oxidation sites excluding steroid dienone is 2. The van der Waals surface area contributed by atoms with Crippen molar-refractivity contribution in [3.8, 4) is 0 Å². The topological polar surface area (TPSA) is 106 Å². The van der Waals surface area contributed by atoms with Gasteiger partial charge in [-0.3, -0.25) is 5.32 Å². The SMILES string of the molecule is C[C@@]1(C(=O)OCc2ccccc2)NC12C=CC=CC2.O=P(O)(O)Cl. The van der Waals surface area contributed by atoms with Gasteiger partial charge in [0.25, 0.3) is 0 Å². The van der Waals surface area contributed by atoms with Crippen LogP contribution in [0.15, 0.2) is 54.6 Å². The van der Waals surface area contributed by atoms with Gasteiger partial charge in [0.1, 0.15) is 12.1 Å². The van der Waals surface area contributed by atoms with Crippen molar-refractivity contribution in [3.05, 3.63) is 60.2 Å². The van der Waals surface area contributed by atoms with Gasteiger partial charge in [-0.15, -0.1) is 0 Å². The van der Waals surface area contributed by atoms with Gasteiger partial charge in [-0.1, -0.05) is 54.6 Å². The molecule has 1 unspecified atom stereocenters. The van der Waals surface area contributed by atoms with Crippen molar-refractivity contribution in [1.29, 1.82) is 0 Å². The zero-order valence-electron chi connectivity index (χ0n) is 13.1. The molecule has 1 fully saturated rings. The summed E-state index contributed by atoms with van der Waals surface area (Å²) < 4.78 is 14.5. The second kappa shape index (κ2) is 7.21. The molecular formula is C16H19ClNO5P. The Morgan fingerprint density at radius 3 is 2.50 bits per heavy atom. The van der Waals surface area contributed by atoms with Gasteiger partial charge in [0.15, 0.2) is 0 Å². The van der Waals surface area contributed by atoms with Crippen molar-refractivity contribution in [2.75, 3.05) is 0 Å². The summed E-state index contributed by atoms with van der Waals surface area (Å²) in [5.41, 5.74) is 0.173. The lowest BCUT2D eigenvalue weighted by atomic mass is 9.88. The zero-order chi connectivity index (χ0) is 17.8. The van der Waals surface area contributed by atoms with Crippen LogP contribution in [0.2, 0.25) is 0 Å². The third kappa shape index (κ3) is 4.79. The minimum absolute atomic E-state index is 0.184. The van der Waals surface area contributed by atoms with Crippen molar-refractivity contribution >= 4 is 24.2 Å². The first-order chi connectivity index (χ1) is 11.2. The number of hydrogen-bond acceptors (Lipinski definition) is 4. The first kappa shape index (κ1) is 18.9. The first-order valence-corrected chi connectivity index (χ1v) is 9.78. The van der Waals surface area contributed by atoms with Gasteiger partial charge in [0.05, 0.1) is 5.54 Å². The fourth-order valence-corrected chi connectivity index (χ4v) is 2.60. The Hall–Kier alpha value is -1.43. The Balaban J connectivity index is 0.000000368. The van der Waals surface area contributed by atoms with Crippen molar-refractivity contribution < 1.29 is 23.9 Å². The highest BCUT2D eigenvalue weighted by atomic mass is 35.7. The molecule has 2 atom stereocenters. The highest BCUT2D eigenvalue weighted by Crippen LogP contribution is 2.45. The van der Waals surface area contributed by atoms with Gasteiger partial charge >= 0.3 is 12.9 Å². The molecule has 3 N–H and O–H groups in total. The van der Waals surface area contributed by atoms with Gasteiger partial charge in [-0.05, 0) is 18.9 Å². The summed E-state index contributed by atoms with van der Waals surface area (Å²) in [6.45, 7) is -1.93. The van der Waals surface area contributed by atoms with Crippen LogP contribution in [-0.4, -0.2) is 26.8 Å². The molecule has 0 amide bonds. The molecule has 1 heterocycles. The second-order valence-electron chi connectivity index (χ2n) is 5.75. The molecule has 1 aliphatic carbocycles. The van der Waals surface area contributed by atoms with Crippen molar-refractivity contribution in [2.45, 2.75) is 31.0 Å². The van der Waals surface area contributed by atoms with Crippen LogP contribution in [-0.2, 0) is 20.7 Å². The minimum atomic E-state index is -4.17. The lowest BCUT2D eigenvalue weighted by molar-refractivity contribution is -0.148. The summed E-state index contributed by atoms with van der Waals surface area (Å²) in [6.07, 6.45) is 8.94. The van der Waals surface area contributed by atoms with Crippen LogP contribution in [0.25, 0.3) is 0 Å². The third-order valence-electron chi connectivity index (χ3n) is 3.99. The average Bonchev–Trinajstić information content (AvgIpc) is 3.09. The lowest BCUT2D eigenvalue weighted by Gasteiger charge is -2.16. The number of ether oxygens (including phenoxy) is 1. The fraction of sp³-hybridized carbons (Fsp3) is 0.312. The number of nitrogens with one attached hydrogen (secondary N) is 1. The van der Waals surface area contributed by atoms with Crippen LogP contribution in [0.5, 0.6) is 0 Å². The van der Waals surface area contributed by atoms with Crippen LogP contribution < -0.4 is 5.32 Å². The Bertz CT molecular complexity index is 693. The molecule has 1 aromatic carbocycles. The molecule has 130 valence electrons. The summed E-state index contributed by atoms with van der Waals surface area (Å²) in [7, 11) is 0. The van der Waals surface area contributed by atoms with E-state index in [2.05, 4.69) is 28.7 Å². The molecule has 1 spiro atoms. The van der Waals surface area contributed by atoms with Gasteiger partial charge in [0.2, 0.25) is 0 Å².